The monoisotopic (exact) mass is 180 g/mol. The molecule has 0 nitrogen and oxygen atoms in total. The minimum atomic E-state index is 0.237. The molecule has 0 heteroatoms. The first-order chi connectivity index (χ1) is 6.12. The molecule has 0 spiro atoms. The molecule has 0 bridgehead atoms. The Morgan fingerprint density at radius 2 is 1.77 bits per heavy atom. The van der Waals surface area contributed by atoms with E-state index >= 15 is 0 Å². The molecule has 0 atom stereocenters. The lowest BCUT2D eigenvalue weighted by molar-refractivity contribution is 0.619. The molecule has 0 amide bonds. The molecule has 0 aliphatic heterocycles. The molecule has 0 aliphatic rings. The number of hydrogen-bond donors (Lipinski definition) is 0. The Bertz CT molecular complexity index is 161. The first-order valence-electron chi connectivity index (χ1n) is 5.44. The van der Waals surface area contributed by atoms with Gasteiger partial charge in [-0.1, -0.05) is 57.9 Å². The second-order valence-electron chi connectivity index (χ2n) is 4.22. The van der Waals surface area contributed by atoms with Crippen LogP contribution in [0.2, 0.25) is 0 Å². The molecule has 0 heterocycles. The van der Waals surface area contributed by atoms with Crippen molar-refractivity contribution in [2.24, 2.45) is 5.41 Å². The smallest absolute Gasteiger partial charge is 0.000429 e. The van der Waals surface area contributed by atoms with Crippen LogP contribution < -0.4 is 0 Å². The predicted molar refractivity (Wildman–Crippen MR) is 61.9 cm³/mol. The molecule has 0 aliphatic carbocycles. The molecule has 13 heavy (non-hydrogen) atoms. The summed E-state index contributed by atoms with van der Waals surface area (Å²) in [5.74, 6) is 0. The summed E-state index contributed by atoms with van der Waals surface area (Å²) in [6.07, 6.45) is 14.2. The second kappa shape index (κ2) is 6.94. The van der Waals surface area contributed by atoms with Gasteiger partial charge in [0, 0.05) is 5.41 Å². The fraction of sp³-hybridized carbons (Fsp3) is 0.692. The quantitative estimate of drug-likeness (QED) is 0.409. The Balaban J connectivity index is 3.69. The van der Waals surface area contributed by atoms with E-state index < -0.39 is 0 Å². The van der Waals surface area contributed by atoms with Gasteiger partial charge in [-0.3, -0.25) is 0 Å². The minimum absolute atomic E-state index is 0.237. The number of unbranched alkanes of at least 4 members (excludes halogenated alkanes) is 3. The van der Waals surface area contributed by atoms with Crippen molar-refractivity contribution >= 4 is 0 Å². The number of allylic oxidation sites excluding steroid dienone is 4. The van der Waals surface area contributed by atoms with Crippen molar-refractivity contribution in [3.05, 3.63) is 24.3 Å². The average molecular weight is 180 g/mol. The van der Waals surface area contributed by atoms with Crippen molar-refractivity contribution in [1.82, 2.24) is 0 Å². The summed E-state index contributed by atoms with van der Waals surface area (Å²) in [6.45, 7) is 8.80. The van der Waals surface area contributed by atoms with Crippen LogP contribution in [0.15, 0.2) is 24.3 Å². The van der Waals surface area contributed by atoms with Crippen molar-refractivity contribution in [3.8, 4) is 0 Å². The molecule has 0 radical (unpaired) electrons. The van der Waals surface area contributed by atoms with E-state index in [1.165, 1.54) is 25.7 Å². The summed E-state index contributed by atoms with van der Waals surface area (Å²) in [5.41, 5.74) is 0.237. The van der Waals surface area contributed by atoms with Crippen LogP contribution in [-0.2, 0) is 0 Å². The van der Waals surface area contributed by atoms with Crippen LogP contribution in [0.4, 0.5) is 0 Å². The summed E-state index contributed by atoms with van der Waals surface area (Å²) in [6, 6.07) is 0. The fourth-order valence-electron chi connectivity index (χ4n) is 1.38. The van der Waals surface area contributed by atoms with Gasteiger partial charge in [0.05, 0.1) is 0 Å². The lowest BCUT2D eigenvalue weighted by atomic mass is 9.92. The maximum atomic E-state index is 2.32. The lowest BCUT2D eigenvalue weighted by Crippen LogP contribution is -2.01. The highest BCUT2D eigenvalue weighted by atomic mass is 14.1. The number of hydrogen-bond acceptors (Lipinski definition) is 0. The molecule has 0 aromatic rings. The normalized spacial score (nSPS) is 13.2. The predicted octanol–water partition coefficient (Wildman–Crippen LogP) is 4.73. The van der Waals surface area contributed by atoms with Gasteiger partial charge < -0.3 is 0 Å². The third-order valence-corrected chi connectivity index (χ3v) is 2.12. The highest BCUT2D eigenvalue weighted by Gasteiger charge is 2.06. The van der Waals surface area contributed by atoms with Gasteiger partial charge in [-0.15, -0.1) is 0 Å². The molecular formula is C13H24. The molecule has 0 aromatic carbocycles. The molecule has 0 rings (SSSR count). The van der Waals surface area contributed by atoms with E-state index in [9.17, 15) is 0 Å². The molecule has 76 valence electrons. The summed E-state index contributed by atoms with van der Waals surface area (Å²) < 4.78 is 0. The van der Waals surface area contributed by atoms with Gasteiger partial charge in [0.25, 0.3) is 0 Å². The zero-order valence-corrected chi connectivity index (χ0v) is 9.64. The van der Waals surface area contributed by atoms with Gasteiger partial charge in [0.2, 0.25) is 0 Å². The van der Waals surface area contributed by atoms with Crippen LogP contribution in [-0.4, -0.2) is 0 Å². The first-order valence-corrected chi connectivity index (χ1v) is 5.44. The van der Waals surface area contributed by atoms with E-state index in [0.717, 1.165) is 0 Å². The number of rotatable bonds is 6. The van der Waals surface area contributed by atoms with E-state index in [-0.39, 0.29) is 5.41 Å². The molecule has 0 saturated heterocycles. The molecular weight excluding hydrogens is 156 g/mol. The van der Waals surface area contributed by atoms with Gasteiger partial charge in [-0.05, 0) is 19.8 Å². The molecule has 0 N–H and O–H groups in total. The Labute approximate surface area is 83.7 Å². The van der Waals surface area contributed by atoms with E-state index in [0.29, 0.717) is 0 Å². The van der Waals surface area contributed by atoms with Crippen LogP contribution in [0.5, 0.6) is 0 Å². The Hall–Kier alpha value is -0.520. The van der Waals surface area contributed by atoms with Gasteiger partial charge in [0.15, 0.2) is 0 Å². The maximum Gasteiger partial charge on any atom is 0.000429 e. The van der Waals surface area contributed by atoms with Crippen LogP contribution in [0, 0.1) is 5.41 Å². The standard InChI is InChI=1S/C13H24/c1-5-7-8-9-10-12-13(3,4)11-6-2/h6,10-12H,5,7-9H2,1-4H3. The lowest BCUT2D eigenvalue weighted by Gasteiger charge is -2.13. The topological polar surface area (TPSA) is 0 Å². The maximum absolute atomic E-state index is 2.32. The zero-order valence-electron chi connectivity index (χ0n) is 9.64. The summed E-state index contributed by atoms with van der Waals surface area (Å²) >= 11 is 0. The van der Waals surface area contributed by atoms with Gasteiger partial charge in [-0.25, -0.2) is 0 Å². The third kappa shape index (κ3) is 7.83. The van der Waals surface area contributed by atoms with Crippen molar-refractivity contribution in [3.63, 3.8) is 0 Å². The van der Waals surface area contributed by atoms with Crippen LogP contribution >= 0.6 is 0 Å². The molecule has 0 aromatic heterocycles. The van der Waals surface area contributed by atoms with E-state index in [1.54, 1.807) is 0 Å². The minimum Gasteiger partial charge on any atom is -0.0908 e. The highest BCUT2D eigenvalue weighted by Crippen LogP contribution is 2.19. The molecule has 0 fully saturated rings. The largest absolute Gasteiger partial charge is 0.0908 e. The van der Waals surface area contributed by atoms with Gasteiger partial charge >= 0.3 is 0 Å². The summed E-state index contributed by atoms with van der Waals surface area (Å²) in [7, 11) is 0. The first kappa shape index (κ1) is 12.5. The second-order valence-corrected chi connectivity index (χ2v) is 4.22. The van der Waals surface area contributed by atoms with Crippen LogP contribution in [0.25, 0.3) is 0 Å². The molecule has 0 saturated carbocycles. The fourth-order valence-corrected chi connectivity index (χ4v) is 1.38. The van der Waals surface area contributed by atoms with Crippen molar-refractivity contribution in [1.29, 1.82) is 0 Å². The van der Waals surface area contributed by atoms with Crippen LogP contribution in [0.3, 0.4) is 0 Å². The van der Waals surface area contributed by atoms with Crippen molar-refractivity contribution < 1.29 is 0 Å². The summed E-state index contributed by atoms with van der Waals surface area (Å²) in [4.78, 5) is 0. The molecule has 0 unspecified atom stereocenters. The third-order valence-electron chi connectivity index (χ3n) is 2.12. The van der Waals surface area contributed by atoms with E-state index in [4.69, 9.17) is 0 Å². The summed E-state index contributed by atoms with van der Waals surface area (Å²) in [5, 5.41) is 0. The zero-order chi connectivity index (χ0) is 10.2. The Morgan fingerprint density at radius 1 is 1.08 bits per heavy atom. The van der Waals surface area contributed by atoms with E-state index in [1.807, 2.05) is 0 Å². The van der Waals surface area contributed by atoms with Crippen molar-refractivity contribution in [2.45, 2.75) is 53.4 Å². The average Bonchev–Trinajstić information content (AvgIpc) is 2.04. The Morgan fingerprint density at radius 3 is 2.31 bits per heavy atom. The SMILES string of the molecule is CC=CC(C)(C)C=CCCCCC. The van der Waals surface area contributed by atoms with Crippen LogP contribution in [0.1, 0.15) is 53.4 Å². The highest BCUT2D eigenvalue weighted by molar-refractivity contribution is 5.06. The van der Waals surface area contributed by atoms with Gasteiger partial charge in [0.1, 0.15) is 0 Å². The van der Waals surface area contributed by atoms with Crippen molar-refractivity contribution in [2.75, 3.05) is 0 Å². The van der Waals surface area contributed by atoms with Gasteiger partial charge in [-0.2, -0.15) is 0 Å². The Kier molecular flexibility index (Phi) is 6.66. The van der Waals surface area contributed by atoms with E-state index in [2.05, 4.69) is 52.0 Å².